The number of hydrogen-bond acceptors (Lipinski definition) is 5. The van der Waals surface area contributed by atoms with Gasteiger partial charge in [-0.2, -0.15) is 5.26 Å². The van der Waals surface area contributed by atoms with Crippen LogP contribution in [-0.2, 0) is 9.53 Å². The molecule has 1 aromatic rings. The normalized spacial score (nSPS) is 17.2. The number of nitriles is 1. The summed E-state index contributed by atoms with van der Waals surface area (Å²) < 4.78 is 5.29. The van der Waals surface area contributed by atoms with Crippen molar-refractivity contribution in [2.45, 2.75) is 12.5 Å². The van der Waals surface area contributed by atoms with E-state index in [1.807, 2.05) is 6.07 Å². The Kier molecular flexibility index (Phi) is 4.55. The number of rotatable bonds is 5. The van der Waals surface area contributed by atoms with Crippen molar-refractivity contribution in [3.8, 4) is 6.07 Å². The summed E-state index contributed by atoms with van der Waals surface area (Å²) in [6.45, 7) is 1.36. The fourth-order valence-electron chi connectivity index (χ4n) is 1.60. The number of pyridine rings is 1. The summed E-state index contributed by atoms with van der Waals surface area (Å²) in [4.78, 5) is 15.4. The Hall–Kier alpha value is -1.84. The number of anilines is 2. The first kappa shape index (κ1) is 13.6. The van der Waals surface area contributed by atoms with Gasteiger partial charge in [-0.05, 0) is 18.6 Å². The van der Waals surface area contributed by atoms with Gasteiger partial charge in [0.25, 0.3) is 0 Å². The van der Waals surface area contributed by atoms with E-state index in [2.05, 4.69) is 15.6 Å². The van der Waals surface area contributed by atoms with Crippen LogP contribution in [0.25, 0.3) is 0 Å². The van der Waals surface area contributed by atoms with Gasteiger partial charge in [0.15, 0.2) is 5.82 Å². The molecule has 2 N–H and O–H groups in total. The molecular formula is C12H13ClN4O2. The van der Waals surface area contributed by atoms with E-state index in [4.69, 9.17) is 21.6 Å². The predicted octanol–water partition coefficient (Wildman–Crippen LogP) is 1.33. The number of alkyl halides is 1. The minimum Gasteiger partial charge on any atom is -0.376 e. The molecule has 2 rings (SSSR count). The van der Waals surface area contributed by atoms with Crippen LogP contribution >= 0.6 is 11.6 Å². The second-order valence-electron chi connectivity index (χ2n) is 4.05. The summed E-state index contributed by atoms with van der Waals surface area (Å²) in [7, 11) is 0. The van der Waals surface area contributed by atoms with Gasteiger partial charge >= 0.3 is 0 Å². The molecule has 0 spiro atoms. The third kappa shape index (κ3) is 3.56. The highest BCUT2D eigenvalue weighted by Crippen LogP contribution is 2.21. The van der Waals surface area contributed by atoms with Crippen LogP contribution in [0.2, 0.25) is 0 Å². The van der Waals surface area contributed by atoms with Crippen molar-refractivity contribution in [3.05, 3.63) is 17.8 Å². The van der Waals surface area contributed by atoms with Gasteiger partial charge in [0, 0.05) is 13.2 Å². The SMILES string of the molecule is N#Cc1ccc(NC(=O)CCl)c(NCC2CCO2)n1. The monoisotopic (exact) mass is 280 g/mol. The summed E-state index contributed by atoms with van der Waals surface area (Å²) in [5.74, 6) is -0.00492. The molecule has 1 atom stereocenters. The number of nitrogens with one attached hydrogen (secondary N) is 2. The third-order valence-electron chi connectivity index (χ3n) is 2.70. The first-order valence-electron chi connectivity index (χ1n) is 5.85. The second kappa shape index (κ2) is 6.36. The van der Waals surface area contributed by atoms with E-state index >= 15 is 0 Å². The Balaban J connectivity index is 2.10. The summed E-state index contributed by atoms with van der Waals surface area (Å²) in [5, 5.41) is 14.5. The smallest absolute Gasteiger partial charge is 0.239 e. The first-order chi connectivity index (χ1) is 9.22. The van der Waals surface area contributed by atoms with Crippen molar-refractivity contribution < 1.29 is 9.53 Å². The molecule has 0 bridgehead atoms. The van der Waals surface area contributed by atoms with Gasteiger partial charge < -0.3 is 15.4 Å². The van der Waals surface area contributed by atoms with Gasteiger partial charge in [-0.3, -0.25) is 4.79 Å². The average molecular weight is 281 g/mol. The van der Waals surface area contributed by atoms with Crippen LogP contribution in [0.4, 0.5) is 11.5 Å². The number of amides is 1. The molecule has 1 aliphatic rings. The standard InChI is InChI=1S/C12H13ClN4O2/c13-5-11(18)17-10-2-1-8(6-14)16-12(10)15-7-9-3-4-19-9/h1-2,9H,3-5,7H2,(H,15,16)(H,17,18). The Bertz CT molecular complexity index is 511. The maximum absolute atomic E-state index is 11.3. The molecule has 0 radical (unpaired) electrons. The molecule has 1 fully saturated rings. The maximum Gasteiger partial charge on any atom is 0.239 e. The Morgan fingerprint density at radius 3 is 3.00 bits per heavy atom. The maximum atomic E-state index is 11.3. The van der Waals surface area contributed by atoms with Crippen LogP contribution in [0, 0.1) is 11.3 Å². The summed E-state index contributed by atoms with van der Waals surface area (Å²) >= 11 is 5.45. The van der Waals surface area contributed by atoms with Crippen LogP contribution in [0.1, 0.15) is 12.1 Å². The molecule has 2 heterocycles. The lowest BCUT2D eigenvalue weighted by Crippen LogP contribution is -2.34. The average Bonchev–Trinajstić information content (AvgIpc) is 2.38. The summed E-state index contributed by atoms with van der Waals surface area (Å²) in [6, 6.07) is 5.12. The first-order valence-corrected chi connectivity index (χ1v) is 6.39. The van der Waals surface area contributed by atoms with Gasteiger partial charge in [-0.1, -0.05) is 0 Å². The van der Waals surface area contributed by atoms with Crippen molar-refractivity contribution >= 4 is 29.0 Å². The largest absolute Gasteiger partial charge is 0.376 e. The fraction of sp³-hybridized carbons (Fsp3) is 0.417. The molecule has 1 aromatic heterocycles. The second-order valence-corrected chi connectivity index (χ2v) is 4.32. The number of halogens is 1. The van der Waals surface area contributed by atoms with Crippen molar-refractivity contribution in [2.24, 2.45) is 0 Å². The van der Waals surface area contributed by atoms with Crippen LogP contribution in [-0.4, -0.2) is 36.0 Å². The molecule has 19 heavy (non-hydrogen) atoms. The minimum atomic E-state index is -0.323. The highest BCUT2D eigenvalue weighted by Gasteiger charge is 2.18. The number of nitrogens with zero attached hydrogens (tertiary/aromatic N) is 2. The van der Waals surface area contributed by atoms with Gasteiger partial charge in [0.05, 0.1) is 11.8 Å². The van der Waals surface area contributed by atoms with Crippen LogP contribution in [0.5, 0.6) is 0 Å². The van der Waals surface area contributed by atoms with E-state index in [9.17, 15) is 4.79 Å². The van der Waals surface area contributed by atoms with E-state index < -0.39 is 0 Å². The number of hydrogen-bond donors (Lipinski definition) is 2. The van der Waals surface area contributed by atoms with Crippen molar-refractivity contribution in [3.63, 3.8) is 0 Å². The van der Waals surface area contributed by atoms with Crippen molar-refractivity contribution in [2.75, 3.05) is 29.7 Å². The van der Waals surface area contributed by atoms with Crippen LogP contribution in [0.15, 0.2) is 12.1 Å². The minimum absolute atomic E-state index is 0.134. The van der Waals surface area contributed by atoms with Gasteiger partial charge in [-0.15, -0.1) is 11.6 Å². The highest BCUT2D eigenvalue weighted by molar-refractivity contribution is 6.29. The van der Waals surface area contributed by atoms with Gasteiger partial charge in [0.1, 0.15) is 17.6 Å². The zero-order valence-corrected chi connectivity index (χ0v) is 10.9. The summed E-state index contributed by atoms with van der Waals surface area (Å²) in [5.41, 5.74) is 0.782. The number of carbonyl (C=O) groups excluding carboxylic acids is 1. The predicted molar refractivity (Wildman–Crippen MR) is 71.1 cm³/mol. The van der Waals surface area contributed by atoms with Crippen LogP contribution in [0.3, 0.4) is 0 Å². The molecule has 0 saturated carbocycles. The van der Waals surface area contributed by atoms with Crippen molar-refractivity contribution in [1.29, 1.82) is 5.26 Å². The fourth-order valence-corrected chi connectivity index (χ4v) is 1.66. The molecule has 1 amide bonds. The lowest BCUT2D eigenvalue weighted by atomic mass is 10.2. The lowest BCUT2D eigenvalue weighted by Gasteiger charge is -2.27. The van der Waals surface area contributed by atoms with E-state index in [1.54, 1.807) is 6.07 Å². The molecule has 1 aliphatic heterocycles. The Labute approximate surface area is 115 Å². The molecule has 1 unspecified atom stereocenters. The number of carbonyl (C=O) groups is 1. The van der Waals surface area contributed by atoms with E-state index in [-0.39, 0.29) is 23.6 Å². The zero-order chi connectivity index (χ0) is 13.7. The van der Waals surface area contributed by atoms with Crippen LogP contribution < -0.4 is 10.6 Å². The van der Waals surface area contributed by atoms with E-state index in [1.165, 1.54) is 6.07 Å². The van der Waals surface area contributed by atoms with E-state index in [0.717, 1.165) is 13.0 Å². The highest BCUT2D eigenvalue weighted by atomic mass is 35.5. The quantitative estimate of drug-likeness (QED) is 0.795. The van der Waals surface area contributed by atoms with Gasteiger partial charge in [-0.25, -0.2) is 4.98 Å². The number of ether oxygens (including phenoxy) is 1. The van der Waals surface area contributed by atoms with E-state index in [0.29, 0.717) is 18.1 Å². The lowest BCUT2D eigenvalue weighted by molar-refractivity contribution is -0.113. The Morgan fingerprint density at radius 1 is 1.63 bits per heavy atom. The topological polar surface area (TPSA) is 87.0 Å². The molecule has 6 nitrogen and oxygen atoms in total. The molecule has 1 saturated heterocycles. The molecular weight excluding hydrogens is 268 g/mol. The third-order valence-corrected chi connectivity index (χ3v) is 2.94. The molecule has 7 heteroatoms. The molecule has 0 aliphatic carbocycles. The summed E-state index contributed by atoms with van der Waals surface area (Å²) in [6.07, 6.45) is 1.15. The molecule has 0 aromatic carbocycles. The van der Waals surface area contributed by atoms with Crippen molar-refractivity contribution in [1.82, 2.24) is 4.98 Å². The molecule has 100 valence electrons. The van der Waals surface area contributed by atoms with Gasteiger partial charge in [0.2, 0.25) is 5.91 Å². The zero-order valence-electron chi connectivity index (χ0n) is 10.1. The Morgan fingerprint density at radius 2 is 2.42 bits per heavy atom. The number of aromatic nitrogens is 1.